The van der Waals surface area contributed by atoms with Crippen molar-refractivity contribution in [3.05, 3.63) is 69.6 Å². The quantitative estimate of drug-likeness (QED) is 0.256. The summed E-state index contributed by atoms with van der Waals surface area (Å²) in [7, 11) is 0. The molecule has 3 aromatic rings. The molecule has 1 aliphatic carbocycles. The Balaban J connectivity index is 1.42. The van der Waals surface area contributed by atoms with Gasteiger partial charge in [-0.15, -0.1) is 23.1 Å². The third-order valence-electron chi connectivity index (χ3n) is 4.97. The second-order valence-electron chi connectivity index (χ2n) is 7.14. The van der Waals surface area contributed by atoms with Gasteiger partial charge < -0.3 is 0 Å². The Hall–Kier alpha value is -2.71. The van der Waals surface area contributed by atoms with E-state index >= 15 is 0 Å². The van der Waals surface area contributed by atoms with Crippen molar-refractivity contribution in [1.29, 1.82) is 0 Å². The van der Waals surface area contributed by atoms with Crippen LogP contribution in [0.15, 0.2) is 63.9 Å². The Morgan fingerprint density at radius 1 is 1.17 bits per heavy atom. The summed E-state index contributed by atoms with van der Waals surface area (Å²) in [4.78, 5) is 16.5. The minimum absolute atomic E-state index is 0.148. The van der Waals surface area contributed by atoms with Crippen molar-refractivity contribution >= 4 is 40.1 Å². The number of thiazole rings is 1. The van der Waals surface area contributed by atoms with Gasteiger partial charge in [0.15, 0.2) is 0 Å². The van der Waals surface area contributed by atoms with Crippen LogP contribution in [0.25, 0.3) is 11.3 Å². The van der Waals surface area contributed by atoms with Crippen molar-refractivity contribution in [2.45, 2.75) is 42.2 Å². The number of hydrazone groups is 1. The summed E-state index contributed by atoms with van der Waals surface area (Å²) >= 11 is 3.10. The molecule has 1 saturated carbocycles. The molecule has 0 atom stereocenters. The predicted octanol–water partition coefficient (Wildman–Crippen LogP) is 6.59. The van der Waals surface area contributed by atoms with Gasteiger partial charge in [-0.1, -0.05) is 55.7 Å². The predicted molar refractivity (Wildman–Crippen MR) is 125 cm³/mol. The molecule has 8 heteroatoms. The van der Waals surface area contributed by atoms with E-state index in [-0.39, 0.29) is 10.6 Å². The average Bonchev–Trinajstić information content (AvgIpc) is 3.25. The van der Waals surface area contributed by atoms with Gasteiger partial charge in [-0.25, -0.2) is 4.98 Å². The first kappa shape index (κ1) is 20.6. The highest BCUT2D eigenvalue weighted by Crippen LogP contribution is 2.38. The number of aromatic nitrogens is 1. The molecule has 1 heterocycles. The Bertz CT molecular complexity index is 1030. The lowest BCUT2D eigenvalue weighted by atomic mass is 10.0. The maximum Gasteiger partial charge on any atom is 0.283 e. The fourth-order valence-corrected chi connectivity index (χ4v) is 5.45. The van der Waals surface area contributed by atoms with Gasteiger partial charge in [0, 0.05) is 27.8 Å². The second-order valence-corrected chi connectivity index (χ2v) is 9.34. The van der Waals surface area contributed by atoms with Crippen molar-refractivity contribution in [3.63, 3.8) is 0 Å². The fraction of sp³-hybridized carbons (Fsp3) is 0.273. The SMILES string of the molecule is O=[N+]([O-])c1cc(C=NNc2nc(-c3ccccc3)cs2)ccc1SC1CCCCC1. The van der Waals surface area contributed by atoms with Crippen LogP contribution in [0.3, 0.4) is 0 Å². The molecule has 1 fully saturated rings. The highest BCUT2D eigenvalue weighted by molar-refractivity contribution is 8.00. The number of rotatable bonds is 7. The van der Waals surface area contributed by atoms with E-state index in [0.29, 0.717) is 15.9 Å². The highest BCUT2D eigenvalue weighted by Gasteiger charge is 2.21. The van der Waals surface area contributed by atoms with Crippen LogP contribution in [0.1, 0.15) is 37.7 Å². The second kappa shape index (κ2) is 9.86. The van der Waals surface area contributed by atoms with Crippen LogP contribution in [0.5, 0.6) is 0 Å². The zero-order valence-electron chi connectivity index (χ0n) is 16.4. The number of nitrogens with one attached hydrogen (secondary N) is 1. The molecule has 1 N–H and O–H groups in total. The van der Waals surface area contributed by atoms with E-state index in [4.69, 9.17) is 0 Å². The van der Waals surface area contributed by atoms with Gasteiger partial charge in [0.25, 0.3) is 5.69 Å². The van der Waals surface area contributed by atoms with E-state index in [1.807, 2.05) is 47.8 Å². The van der Waals surface area contributed by atoms with Crippen LogP contribution >= 0.6 is 23.1 Å². The molecule has 2 aromatic carbocycles. The topological polar surface area (TPSA) is 80.4 Å². The van der Waals surface area contributed by atoms with Crippen LogP contribution in [-0.4, -0.2) is 21.4 Å². The molecule has 0 radical (unpaired) electrons. The van der Waals surface area contributed by atoms with Crippen LogP contribution in [0.2, 0.25) is 0 Å². The molecule has 0 unspecified atom stereocenters. The molecule has 6 nitrogen and oxygen atoms in total. The van der Waals surface area contributed by atoms with Crippen LogP contribution in [-0.2, 0) is 0 Å². The lowest BCUT2D eigenvalue weighted by Crippen LogP contribution is -2.08. The summed E-state index contributed by atoms with van der Waals surface area (Å²) in [6.07, 6.45) is 7.55. The van der Waals surface area contributed by atoms with Crippen molar-refractivity contribution < 1.29 is 4.92 Å². The van der Waals surface area contributed by atoms with E-state index in [9.17, 15) is 10.1 Å². The Morgan fingerprint density at radius 2 is 1.97 bits per heavy atom. The van der Waals surface area contributed by atoms with E-state index in [2.05, 4.69) is 15.5 Å². The van der Waals surface area contributed by atoms with Crippen molar-refractivity contribution in [2.24, 2.45) is 5.10 Å². The molecule has 154 valence electrons. The van der Waals surface area contributed by atoms with Crippen molar-refractivity contribution in [2.75, 3.05) is 5.43 Å². The smallest absolute Gasteiger partial charge is 0.258 e. The molecule has 0 saturated heterocycles. The lowest BCUT2D eigenvalue weighted by molar-refractivity contribution is -0.387. The minimum atomic E-state index is -0.303. The maximum atomic E-state index is 11.6. The third-order valence-corrected chi connectivity index (χ3v) is 7.12. The van der Waals surface area contributed by atoms with E-state index in [1.165, 1.54) is 30.6 Å². The molecule has 0 spiro atoms. The summed E-state index contributed by atoms with van der Waals surface area (Å²) < 4.78 is 0. The molecule has 1 aromatic heterocycles. The summed E-state index contributed by atoms with van der Waals surface area (Å²) in [5, 5.41) is 18.9. The van der Waals surface area contributed by atoms with Crippen LogP contribution in [0, 0.1) is 10.1 Å². The van der Waals surface area contributed by atoms with E-state index in [0.717, 1.165) is 29.0 Å². The molecule has 30 heavy (non-hydrogen) atoms. The zero-order chi connectivity index (χ0) is 20.8. The molecule has 1 aliphatic rings. The van der Waals surface area contributed by atoms with Gasteiger partial charge in [0.1, 0.15) is 0 Å². The largest absolute Gasteiger partial charge is 0.283 e. The zero-order valence-corrected chi connectivity index (χ0v) is 18.0. The normalized spacial score (nSPS) is 14.8. The maximum absolute atomic E-state index is 11.6. The first-order chi connectivity index (χ1) is 14.7. The summed E-state index contributed by atoms with van der Waals surface area (Å²) in [6, 6.07) is 15.2. The van der Waals surface area contributed by atoms with Gasteiger partial charge >= 0.3 is 0 Å². The lowest BCUT2D eigenvalue weighted by Gasteiger charge is -2.20. The summed E-state index contributed by atoms with van der Waals surface area (Å²) in [6.45, 7) is 0. The first-order valence-electron chi connectivity index (χ1n) is 9.94. The fourth-order valence-electron chi connectivity index (χ4n) is 3.45. The van der Waals surface area contributed by atoms with Gasteiger partial charge in [-0.05, 0) is 18.9 Å². The Labute approximate surface area is 183 Å². The van der Waals surface area contributed by atoms with Crippen LogP contribution in [0.4, 0.5) is 10.8 Å². The van der Waals surface area contributed by atoms with Gasteiger partial charge in [0.2, 0.25) is 5.13 Å². The van der Waals surface area contributed by atoms with Crippen molar-refractivity contribution in [3.8, 4) is 11.3 Å². The number of nitro benzene ring substituents is 1. The Kier molecular flexibility index (Phi) is 6.76. The molecular formula is C22H22N4O2S2. The molecule has 0 aliphatic heterocycles. The van der Waals surface area contributed by atoms with E-state index < -0.39 is 0 Å². The number of nitro groups is 1. The van der Waals surface area contributed by atoms with Crippen molar-refractivity contribution in [1.82, 2.24) is 4.98 Å². The van der Waals surface area contributed by atoms with Gasteiger partial charge in [-0.2, -0.15) is 5.10 Å². The molecule has 0 bridgehead atoms. The average molecular weight is 439 g/mol. The minimum Gasteiger partial charge on any atom is -0.258 e. The number of hydrogen-bond donors (Lipinski definition) is 1. The number of thioether (sulfide) groups is 1. The van der Waals surface area contributed by atoms with Gasteiger partial charge in [-0.3, -0.25) is 15.5 Å². The number of hydrogen-bond acceptors (Lipinski definition) is 7. The molecule has 4 rings (SSSR count). The number of benzene rings is 2. The molecular weight excluding hydrogens is 416 g/mol. The number of anilines is 1. The standard InChI is InChI=1S/C22H22N4O2S2/c27-26(28)20-13-16(11-12-21(20)30-18-9-5-2-6-10-18)14-23-25-22-24-19(15-29-22)17-7-3-1-4-8-17/h1,3-4,7-8,11-15,18H,2,5-6,9-10H2,(H,24,25). The third kappa shape index (κ3) is 5.25. The molecule has 0 amide bonds. The summed E-state index contributed by atoms with van der Waals surface area (Å²) in [5.74, 6) is 0. The Morgan fingerprint density at radius 3 is 2.73 bits per heavy atom. The van der Waals surface area contributed by atoms with E-state index in [1.54, 1.807) is 24.0 Å². The summed E-state index contributed by atoms with van der Waals surface area (Å²) in [5.41, 5.74) is 5.68. The first-order valence-corrected chi connectivity index (χ1v) is 11.7. The highest BCUT2D eigenvalue weighted by atomic mass is 32.2. The number of nitrogens with zero attached hydrogens (tertiary/aromatic N) is 3. The van der Waals surface area contributed by atoms with Gasteiger partial charge in [0.05, 0.1) is 21.7 Å². The van der Waals surface area contributed by atoms with Crippen LogP contribution < -0.4 is 5.43 Å². The monoisotopic (exact) mass is 438 g/mol.